The Balaban J connectivity index is 2.45. The first kappa shape index (κ1) is 7.17. The molecular weight excluding hydrogens is 148 g/mol. The van der Waals surface area contributed by atoms with Gasteiger partial charge in [0.1, 0.15) is 11.5 Å². The van der Waals surface area contributed by atoms with E-state index in [9.17, 15) is 0 Å². The summed E-state index contributed by atoms with van der Waals surface area (Å²) in [6.07, 6.45) is 0. The number of rotatable bonds is 1. The zero-order valence-corrected chi connectivity index (χ0v) is 6.87. The molecule has 2 aromatic rings. The Morgan fingerprint density at radius 3 is 2.42 bits per heavy atom. The Labute approximate surface area is 71.6 Å². The highest BCUT2D eigenvalue weighted by Gasteiger charge is 1.99. The number of hydrogen-bond donors (Lipinski definition) is 0. The third kappa shape index (κ3) is 1.26. The Hall–Kier alpha value is -1.50. The molecule has 1 heterocycles. The second kappa shape index (κ2) is 2.86. The molecule has 0 saturated carbocycles. The molecule has 0 fully saturated rings. The summed E-state index contributed by atoms with van der Waals surface area (Å²) in [6, 6.07) is 14.6. The monoisotopic (exact) mass is 157 g/mol. The summed E-state index contributed by atoms with van der Waals surface area (Å²) in [5.41, 5.74) is 1.10. The van der Waals surface area contributed by atoms with Gasteiger partial charge in [0.2, 0.25) is 0 Å². The lowest BCUT2D eigenvalue weighted by molar-refractivity contribution is 0.548. The van der Waals surface area contributed by atoms with Crippen LogP contribution in [0, 0.1) is 13.0 Å². The van der Waals surface area contributed by atoms with Gasteiger partial charge >= 0.3 is 0 Å². The minimum absolute atomic E-state index is 0.918. The van der Waals surface area contributed by atoms with E-state index in [1.807, 2.05) is 43.3 Å². The lowest BCUT2D eigenvalue weighted by Crippen LogP contribution is -1.70. The van der Waals surface area contributed by atoms with Gasteiger partial charge in [0, 0.05) is 5.56 Å². The zero-order chi connectivity index (χ0) is 8.39. The first-order chi connectivity index (χ1) is 5.86. The van der Waals surface area contributed by atoms with Crippen LogP contribution in [0.25, 0.3) is 11.3 Å². The van der Waals surface area contributed by atoms with Gasteiger partial charge in [0.05, 0.1) is 0 Å². The number of aryl methyl sites for hydroxylation is 1. The number of benzene rings is 1. The van der Waals surface area contributed by atoms with Gasteiger partial charge in [-0.15, -0.1) is 0 Å². The molecule has 0 N–H and O–H groups in total. The first-order valence-corrected chi connectivity index (χ1v) is 3.89. The van der Waals surface area contributed by atoms with Crippen LogP contribution in [0.4, 0.5) is 0 Å². The predicted molar refractivity (Wildman–Crippen MR) is 47.7 cm³/mol. The van der Waals surface area contributed by atoms with E-state index < -0.39 is 0 Å². The van der Waals surface area contributed by atoms with Crippen molar-refractivity contribution in [2.45, 2.75) is 6.92 Å². The second-order valence-corrected chi connectivity index (χ2v) is 2.70. The fourth-order valence-corrected chi connectivity index (χ4v) is 1.14. The van der Waals surface area contributed by atoms with Crippen molar-refractivity contribution in [3.05, 3.63) is 48.2 Å². The molecule has 0 saturated heterocycles. The molecule has 12 heavy (non-hydrogen) atoms. The van der Waals surface area contributed by atoms with Crippen molar-refractivity contribution in [3.8, 4) is 11.3 Å². The van der Waals surface area contributed by atoms with Crippen LogP contribution in [0.3, 0.4) is 0 Å². The fraction of sp³-hybridized carbons (Fsp3) is 0.0909. The summed E-state index contributed by atoms with van der Waals surface area (Å²) >= 11 is 0. The van der Waals surface area contributed by atoms with Gasteiger partial charge in [-0.25, -0.2) is 0 Å². The van der Waals surface area contributed by atoms with Crippen LogP contribution in [0.5, 0.6) is 0 Å². The van der Waals surface area contributed by atoms with Gasteiger partial charge in [-0.2, -0.15) is 0 Å². The molecule has 0 aliphatic rings. The van der Waals surface area contributed by atoms with Crippen LogP contribution >= 0.6 is 0 Å². The summed E-state index contributed by atoms with van der Waals surface area (Å²) in [4.78, 5) is 0. The van der Waals surface area contributed by atoms with Crippen LogP contribution in [0.15, 0.2) is 40.8 Å². The smallest absolute Gasteiger partial charge is 0.134 e. The van der Waals surface area contributed by atoms with Crippen molar-refractivity contribution >= 4 is 0 Å². The Bertz CT molecular complexity index is 360. The van der Waals surface area contributed by atoms with Crippen molar-refractivity contribution < 1.29 is 4.42 Å². The SMILES string of the molecule is Cc1ccc(-c2cc[c]cc2)o1. The van der Waals surface area contributed by atoms with Crippen LogP contribution in [-0.4, -0.2) is 0 Å². The van der Waals surface area contributed by atoms with Crippen molar-refractivity contribution in [1.29, 1.82) is 0 Å². The minimum atomic E-state index is 0.918. The molecule has 59 valence electrons. The third-order valence-corrected chi connectivity index (χ3v) is 1.74. The average molecular weight is 157 g/mol. The van der Waals surface area contributed by atoms with E-state index >= 15 is 0 Å². The topological polar surface area (TPSA) is 13.1 Å². The van der Waals surface area contributed by atoms with Crippen molar-refractivity contribution in [2.75, 3.05) is 0 Å². The van der Waals surface area contributed by atoms with Gasteiger partial charge in [-0.05, 0) is 25.1 Å². The van der Waals surface area contributed by atoms with E-state index in [1.165, 1.54) is 0 Å². The van der Waals surface area contributed by atoms with Gasteiger partial charge in [0.25, 0.3) is 0 Å². The highest BCUT2D eigenvalue weighted by Crippen LogP contribution is 2.20. The van der Waals surface area contributed by atoms with E-state index in [0.717, 1.165) is 17.1 Å². The lowest BCUT2D eigenvalue weighted by atomic mass is 10.2. The van der Waals surface area contributed by atoms with E-state index in [-0.39, 0.29) is 0 Å². The molecule has 0 unspecified atom stereocenters. The van der Waals surface area contributed by atoms with E-state index in [2.05, 4.69) is 6.07 Å². The number of hydrogen-bond acceptors (Lipinski definition) is 1. The average Bonchev–Trinajstić information content (AvgIpc) is 2.54. The summed E-state index contributed by atoms with van der Waals surface area (Å²) in [7, 11) is 0. The molecule has 1 heteroatoms. The van der Waals surface area contributed by atoms with Crippen molar-refractivity contribution in [2.24, 2.45) is 0 Å². The van der Waals surface area contributed by atoms with E-state index in [4.69, 9.17) is 4.42 Å². The van der Waals surface area contributed by atoms with Crippen molar-refractivity contribution in [3.63, 3.8) is 0 Å². The standard InChI is InChI=1S/C11H9O/c1-9-7-8-11(12-9)10-5-3-2-4-6-10/h3-8H,1H3. The van der Waals surface area contributed by atoms with E-state index in [0.29, 0.717) is 0 Å². The summed E-state index contributed by atoms with van der Waals surface area (Å²) < 4.78 is 5.46. The molecule has 1 aromatic heterocycles. The molecule has 0 aliphatic heterocycles. The molecule has 0 amide bonds. The second-order valence-electron chi connectivity index (χ2n) is 2.70. The molecular formula is C11H9O. The lowest BCUT2D eigenvalue weighted by Gasteiger charge is -1.93. The zero-order valence-electron chi connectivity index (χ0n) is 6.87. The maximum Gasteiger partial charge on any atom is 0.134 e. The van der Waals surface area contributed by atoms with E-state index in [1.54, 1.807) is 0 Å². The molecule has 0 aliphatic carbocycles. The Morgan fingerprint density at radius 2 is 1.83 bits per heavy atom. The van der Waals surface area contributed by atoms with Crippen LogP contribution in [0.2, 0.25) is 0 Å². The molecule has 1 aromatic carbocycles. The molecule has 2 rings (SSSR count). The normalized spacial score (nSPS) is 10.1. The third-order valence-electron chi connectivity index (χ3n) is 1.74. The quantitative estimate of drug-likeness (QED) is 0.620. The summed E-state index contributed by atoms with van der Waals surface area (Å²) in [6.45, 7) is 1.94. The van der Waals surface area contributed by atoms with Gasteiger partial charge in [-0.1, -0.05) is 24.3 Å². The molecule has 1 nitrogen and oxygen atoms in total. The molecule has 1 radical (unpaired) electrons. The van der Waals surface area contributed by atoms with Crippen LogP contribution in [-0.2, 0) is 0 Å². The Morgan fingerprint density at radius 1 is 1.08 bits per heavy atom. The minimum Gasteiger partial charge on any atom is -0.461 e. The molecule has 0 bridgehead atoms. The summed E-state index contributed by atoms with van der Waals surface area (Å²) in [5, 5.41) is 0. The maximum absolute atomic E-state index is 5.46. The highest BCUT2D eigenvalue weighted by atomic mass is 16.3. The molecule has 0 atom stereocenters. The van der Waals surface area contributed by atoms with Crippen LogP contribution in [0.1, 0.15) is 5.76 Å². The summed E-state index contributed by atoms with van der Waals surface area (Å²) in [5.74, 6) is 1.86. The van der Waals surface area contributed by atoms with Gasteiger partial charge in [0.15, 0.2) is 0 Å². The highest BCUT2D eigenvalue weighted by molar-refractivity contribution is 5.56. The largest absolute Gasteiger partial charge is 0.461 e. The maximum atomic E-state index is 5.46. The van der Waals surface area contributed by atoms with Gasteiger partial charge < -0.3 is 4.42 Å². The van der Waals surface area contributed by atoms with Crippen molar-refractivity contribution in [1.82, 2.24) is 0 Å². The number of furan rings is 1. The Kier molecular flexibility index (Phi) is 1.71. The fourth-order valence-electron chi connectivity index (χ4n) is 1.14. The predicted octanol–water partition coefficient (Wildman–Crippen LogP) is 3.06. The van der Waals surface area contributed by atoms with Crippen LogP contribution < -0.4 is 0 Å². The van der Waals surface area contributed by atoms with Gasteiger partial charge in [-0.3, -0.25) is 0 Å². The first-order valence-electron chi connectivity index (χ1n) is 3.89. The molecule has 0 spiro atoms.